The van der Waals surface area contributed by atoms with Crippen LogP contribution in [0.5, 0.6) is 5.75 Å². The van der Waals surface area contributed by atoms with Gasteiger partial charge in [0.25, 0.3) is 0 Å². The summed E-state index contributed by atoms with van der Waals surface area (Å²) in [6, 6.07) is 4.66. The number of amides is 1. The number of nitrogens with one attached hydrogen (secondary N) is 1. The molecule has 1 heterocycles. The van der Waals surface area contributed by atoms with Gasteiger partial charge in [0.1, 0.15) is 17.4 Å². The van der Waals surface area contributed by atoms with Gasteiger partial charge in [0.2, 0.25) is 0 Å². The number of benzene rings is 1. The van der Waals surface area contributed by atoms with E-state index in [0.29, 0.717) is 6.61 Å². The number of hydrogen-bond donors (Lipinski definition) is 2. The van der Waals surface area contributed by atoms with Crippen molar-refractivity contribution >= 4 is 23.0 Å². The Morgan fingerprint density at radius 1 is 1.30 bits per heavy atom. The van der Waals surface area contributed by atoms with Crippen molar-refractivity contribution < 1.29 is 24.2 Å². The topological polar surface area (TPSA) is 89.8 Å². The Hall–Kier alpha value is -2.70. The van der Waals surface area contributed by atoms with Crippen LogP contribution >= 0.6 is 0 Å². The number of carboxylic acid groups (broad SMARTS) is 1. The van der Waals surface area contributed by atoms with Gasteiger partial charge in [-0.15, -0.1) is 0 Å². The van der Waals surface area contributed by atoms with E-state index >= 15 is 0 Å². The summed E-state index contributed by atoms with van der Waals surface area (Å²) in [5, 5.41) is 13.0. The van der Waals surface area contributed by atoms with E-state index in [0.717, 1.165) is 27.9 Å². The van der Waals surface area contributed by atoms with E-state index in [-0.39, 0.29) is 6.42 Å². The molecule has 2 aromatic rings. The highest BCUT2D eigenvalue weighted by molar-refractivity contribution is 5.88. The minimum atomic E-state index is -1.11. The largest absolute Gasteiger partial charge is 0.494 e. The molecular formula is C20H28N2O5. The third-order valence-electron chi connectivity index (χ3n) is 4.30. The number of alkyl carbamates (subject to hydrolysis) is 1. The molecule has 7 heteroatoms. The Morgan fingerprint density at radius 3 is 2.52 bits per heavy atom. The molecular weight excluding hydrogens is 348 g/mol. The number of aliphatic carboxylic acids is 1. The number of carbonyl (C=O) groups excluding carboxylic acids is 1. The van der Waals surface area contributed by atoms with Crippen LogP contribution in [0.15, 0.2) is 18.2 Å². The number of ether oxygens (including phenoxy) is 2. The van der Waals surface area contributed by atoms with Crippen molar-refractivity contribution in [2.24, 2.45) is 7.05 Å². The minimum Gasteiger partial charge on any atom is -0.494 e. The van der Waals surface area contributed by atoms with Gasteiger partial charge in [-0.3, -0.25) is 0 Å². The predicted molar refractivity (Wildman–Crippen MR) is 103 cm³/mol. The molecule has 1 unspecified atom stereocenters. The van der Waals surface area contributed by atoms with Gasteiger partial charge in [-0.25, -0.2) is 9.59 Å². The predicted octanol–water partition coefficient (Wildman–Crippen LogP) is 3.41. The summed E-state index contributed by atoms with van der Waals surface area (Å²) in [6.07, 6.45) is -0.601. The second-order valence-corrected chi connectivity index (χ2v) is 7.48. The fourth-order valence-electron chi connectivity index (χ4n) is 3.00. The zero-order chi connectivity index (χ0) is 20.4. The first kappa shape index (κ1) is 20.6. The van der Waals surface area contributed by atoms with E-state index in [1.54, 1.807) is 20.8 Å². The van der Waals surface area contributed by atoms with Crippen molar-refractivity contribution in [1.29, 1.82) is 0 Å². The highest BCUT2D eigenvalue weighted by atomic mass is 16.6. The fraction of sp³-hybridized carbons (Fsp3) is 0.500. The third-order valence-corrected chi connectivity index (χ3v) is 4.30. The lowest BCUT2D eigenvalue weighted by atomic mass is 10.0. The van der Waals surface area contributed by atoms with Gasteiger partial charge in [-0.2, -0.15) is 0 Å². The molecule has 2 N–H and O–H groups in total. The van der Waals surface area contributed by atoms with E-state index in [4.69, 9.17) is 9.47 Å². The van der Waals surface area contributed by atoms with Gasteiger partial charge in [0.15, 0.2) is 0 Å². The summed E-state index contributed by atoms with van der Waals surface area (Å²) < 4.78 is 12.8. The maximum Gasteiger partial charge on any atom is 0.408 e. The standard InChI is InChI=1S/C20H28N2O5/c1-7-26-13-8-9-17-15(10-13)14(12(2)22(17)6)11-16(18(23)24)21-19(25)27-20(3,4)5/h8-10,16H,7,11H2,1-6H3,(H,21,25)(H,23,24). The van der Waals surface area contributed by atoms with Gasteiger partial charge in [-0.05, 0) is 58.4 Å². The van der Waals surface area contributed by atoms with Crippen molar-refractivity contribution in [3.05, 3.63) is 29.5 Å². The second kappa shape index (κ2) is 7.90. The quantitative estimate of drug-likeness (QED) is 0.806. The second-order valence-electron chi connectivity index (χ2n) is 7.48. The van der Waals surface area contributed by atoms with Crippen molar-refractivity contribution in [3.8, 4) is 5.75 Å². The zero-order valence-corrected chi connectivity index (χ0v) is 16.8. The Kier molecular flexibility index (Phi) is 6.03. The van der Waals surface area contributed by atoms with Crippen LogP contribution in [0.3, 0.4) is 0 Å². The molecule has 2 rings (SSSR count). The molecule has 1 atom stereocenters. The van der Waals surface area contributed by atoms with Crippen molar-refractivity contribution in [1.82, 2.24) is 9.88 Å². The zero-order valence-electron chi connectivity index (χ0n) is 16.8. The molecule has 1 aromatic carbocycles. The van der Waals surface area contributed by atoms with Crippen LogP contribution in [0.1, 0.15) is 39.0 Å². The Morgan fingerprint density at radius 2 is 1.96 bits per heavy atom. The highest BCUT2D eigenvalue weighted by Crippen LogP contribution is 2.29. The molecule has 27 heavy (non-hydrogen) atoms. The van der Waals surface area contributed by atoms with Crippen LogP contribution in [-0.4, -0.2) is 40.0 Å². The van der Waals surface area contributed by atoms with Crippen molar-refractivity contribution in [2.45, 2.75) is 52.7 Å². The van der Waals surface area contributed by atoms with E-state index in [2.05, 4.69) is 5.32 Å². The normalized spacial score (nSPS) is 12.7. The summed E-state index contributed by atoms with van der Waals surface area (Å²) in [4.78, 5) is 23.8. The number of carbonyl (C=O) groups is 2. The molecule has 148 valence electrons. The first-order chi connectivity index (χ1) is 12.5. The van der Waals surface area contributed by atoms with Gasteiger partial charge >= 0.3 is 12.1 Å². The number of aryl methyl sites for hydroxylation is 1. The number of hydrogen-bond acceptors (Lipinski definition) is 4. The summed E-state index contributed by atoms with van der Waals surface area (Å²) in [5.41, 5.74) is 2.08. The number of rotatable bonds is 6. The molecule has 0 saturated heterocycles. The maximum atomic E-state index is 12.0. The van der Waals surface area contributed by atoms with Crippen LogP contribution in [0.25, 0.3) is 10.9 Å². The summed E-state index contributed by atoms with van der Waals surface area (Å²) in [7, 11) is 1.93. The number of fused-ring (bicyclic) bond motifs is 1. The molecule has 0 bridgehead atoms. The van der Waals surface area contributed by atoms with Gasteiger partial charge in [0, 0.05) is 30.1 Å². The Labute approximate surface area is 159 Å². The molecule has 1 amide bonds. The molecule has 0 spiro atoms. The first-order valence-electron chi connectivity index (χ1n) is 8.96. The molecule has 0 aliphatic heterocycles. The molecule has 0 radical (unpaired) electrons. The fourth-order valence-corrected chi connectivity index (χ4v) is 3.00. The minimum absolute atomic E-state index is 0.146. The average molecular weight is 376 g/mol. The SMILES string of the molecule is CCOc1ccc2c(c1)c(CC(NC(=O)OC(C)(C)C)C(=O)O)c(C)n2C. The van der Waals surface area contributed by atoms with Crippen LogP contribution in [0.2, 0.25) is 0 Å². The monoisotopic (exact) mass is 376 g/mol. The lowest BCUT2D eigenvalue weighted by Gasteiger charge is -2.22. The number of nitrogens with zero attached hydrogens (tertiary/aromatic N) is 1. The van der Waals surface area contributed by atoms with Crippen LogP contribution in [-0.2, 0) is 23.0 Å². The van der Waals surface area contributed by atoms with E-state index < -0.39 is 23.7 Å². The smallest absolute Gasteiger partial charge is 0.408 e. The summed E-state index contributed by atoms with van der Waals surface area (Å²) >= 11 is 0. The van der Waals surface area contributed by atoms with Crippen LogP contribution < -0.4 is 10.1 Å². The molecule has 0 saturated carbocycles. The van der Waals surface area contributed by atoms with Crippen LogP contribution in [0, 0.1) is 6.92 Å². The van der Waals surface area contributed by atoms with Crippen molar-refractivity contribution in [3.63, 3.8) is 0 Å². The molecule has 0 aliphatic rings. The number of aromatic nitrogens is 1. The van der Waals surface area contributed by atoms with Gasteiger partial charge in [0.05, 0.1) is 6.61 Å². The summed E-state index contributed by atoms with van der Waals surface area (Å²) in [6.45, 7) is 9.57. The van der Waals surface area contributed by atoms with E-state index in [1.165, 1.54) is 0 Å². The van der Waals surface area contributed by atoms with Gasteiger partial charge < -0.3 is 24.5 Å². The molecule has 0 aliphatic carbocycles. The van der Waals surface area contributed by atoms with Crippen LogP contribution in [0.4, 0.5) is 4.79 Å². The highest BCUT2D eigenvalue weighted by Gasteiger charge is 2.26. The number of carboxylic acids is 1. The Bertz CT molecular complexity index is 848. The van der Waals surface area contributed by atoms with Crippen molar-refractivity contribution in [2.75, 3.05) is 6.61 Å². The Balaban J connectivity index is 2.35. The lowest BCUT2D eigenvalue weighted by Crippen LogP contribution is -2.44. The third kappa shape index (κ3) is 4.93. The van der Waals surface area contributed by atoms with E-state index in [1.807, 2.05) is 43.7 Å². The molecule has 7 nitrogen and oxygen atoms in total. The first-order valence-corrected chi connectivity index (χ1v) is 8.96. The lowest BCUT2D eigenvalue weighted by molar-refractivity contribution is -0.139. The van der Waals surface area contributed by atoms with E-state index in [9.17, 15) is 14.7 Å². The maximum absolute atomic E-state index is 12.0. The average Bonchev–Trinajstić information content (AvgIpc) is 2.77. The molecule has 0 fully saturated rings. The summed E-state index contributed by atoms with van der Waals surface area (Å²) in [5.74, 6) is -0.387. The molecule has 1 aromatic heterocycles. The van der Waals surface area contributed by atoms with Gasteiger partial charge in [-0.1, -0.05) is 0 Å².